The predicted octanol–water partition coefficient (Wildman–Crippen LogP) is 4.83. The summed E-state index contributed by atoms with van der Waals surface area (Å²) >= 11 is 0. The molecule has 0 aliphatic heterocycles. The summed E-state index contributed by atoms with van der Waals surface area (Å²) in [5, 5.41) is 3.47. The molecule has 0 amide bonds. The fraction of sp³-hybridized carbons (Fsp3) is 0.240. The lowest BCUT2D eigenvalue weighted by Crippen LogP contribution is -2.23. The van der Waals surface area contributed by atoms with Crippen LogP contribution in [-0.4, -0.2) is 19.6 Å². The Morgan fingerprint density at radius 2 is 1.55 bits per heavy atom. The molecule has 4 heteroatoms. The molecule has 29 heavy (non-hydrogen) atoms. The van der Waals surface area contributed by atoms with Gasteiger partial charge < -0.3 is 14.8 Å². The molecule has 0 unspecified atom stereocenters. The lowest BCUT2D eigenvalue weighted by atomic mass is 10.1. The van der Waals surface area contributed by atoms with E-state index in [1.165, 1.54) is 12.7 Å². The van der Waals surface area contributed by atoms with Crippen LogP contribution in [0.4, 0.5) is 0 Å². The molecular weight excluding hydrogens is 362 g/mol. The number of carbonyl (C=O) groups is 1. The molecule has 4 nitrogen and oxygen atoms in total. The largest absolute Gasteiger partial charge is 0.465 e. The van der Waals surface area contributed by atoms with Crippen molar-refractivity contribution in [1.82, 2.24) is 5.32 Å². The zero-order valence-electron chi connectivity index (χ0n) is 16.9. The molecule has 0 aromatic heterocycles. The number of ether oxygens (including phenoxy) is 2. The number of benzene rings is 3. The molecule has 3 aromatic rings. The Bertz CT molecular complexity index is 890. The Labute approximate surface area is 172 Å². The number of aryl methyl sites for hydroxylation is 1. The maximum Gasteiger partial charge on any atom is 0.337 e. The first kappa shape index (κ1) is 20.8. The molecule has 150 valence electrons. The number of nitrogens with one attached hydrogen (secondary N) is 1. The average Bonchev–Trinajstić information content (AvgIpc) is 2.77. The molecule has 0 saturated carbocycles. The molecular formula is C25H27NO3. The molecule has 0 fully saturated rings. The minimum Gasteiger partial charge on any atom is -0.465 e. The smallest absolute Gasteiger partial charge is 0.337 e. The first-order valence-corrected chi connectivity index (χ1v) is 9.76. The van der Waals surface area contributed by atoms with E-state index in [4.69, 9.17) is 9.47 Å². The van der Waals surface area contributed by atoms with Crippen LogP contribution in [0.5, 0.6) is 0 Å². The predicted molar refractivity (Wildman–Crippen MR) is 115 cm³/mol. The molecule has 1 N–H and O–H groups in total. The first-order chi connectivity index (χ1) is 14.2. The number of hydrogen-bond acceptors (Lipinski definition) is 4. The maximum atomic E-state index is 11.5. The highest BCUT2D eigenvalue weighted by Crippen LogP contribution is 2.19. The fourth-order valence-corrected chi connectivity index (χ4v) is 3.05. The van der Waals surface area contributed by atoms with Crippen LogP contribution in [0.2, 0.25) is 0 Å². The van der Waals surface area contributed by atoms with Crippen molar-refractivity contribution >= 4 is 5.97 Å². The van der Waals surface area contributed by atoms with Gasteiger partial charge in [0.25, 0.3) is 0 Å². The van der Waals surface area contributed by atoms with Gasteiger partial charge in [0.15, 0.2) is 0 Å². The Balaban J connectivity index is 1.58. The number of methoxy groups -OCH3 is 1. The van der Waals surface area contributed by atoms with E-state index in [2.05, 4.69) is 48.6 Å². The van der Waals surface area contributed by atoms with E-state index in [-0.39, 0.29) is 12.1 Å². The van der Waals surface area contributed by atoms with E-state index in [9.17, 15) is 4.79 Å². The van der Waals surface area contributed by atoms with Gasteiger partial charge in [-0.2, -0.15) is 0 Å². The summed E-state index contributed by atoms with van der Waals surface area (Å²) in [4.78, 5) is 11.5. The standard InChI is InChI=1S/C25H27NO3/c1-19-8-10-21(11-9-19)18-29-24(22-6-4-3-5-7-22)17-26-16-20-12-14-23(15-13-20)25(27)28-2/h3-15,24,26H,16-18H2,1-2H3/t24-/m0/s1. The highest BCUT2D eigenvalue weighted by atomic mass is 16.5. The van der Waals surface area contributed by atoms with E-state index in [0.717, 1.165) is 16.7 Å². The van der Waals surface area contributed by atoms with Crippen LogP contribution >= 0.6 is 0 Å². The van der Waals surface area contributed by atoms with Crippen molar-refractivity contribution in [1.29, 1.82) is 0 Å². The summed E-state index contributed by atoms with van der Waals surface area (Å²) in [6.45, 7) is 4.03. The van der Waals surface area contributed by atoms with Crippen molar-refractivity contribution in [3.05, 3.63) is 107 Å². The minimum absolute atomic E-state index is 0.0492. The summed E-state index contributed by atoms with van der Waals surface area (Å²) in [7, 11) is 1.39. The van der Waals surface area contributed by atoms with Gasteiger partial charge in [-0.25, -0.2) is 4.79 Å². The van der Waals surface area contributed by atoms with Gasteiger partial charge in [-0.15, -0.1) is 0 Å². The van der Waals surface area contributed by atoms with Crippen molar-refractivity contribution in [2.75, 3.05) is 13.7 Å². The molecule has 3 aromatic carbocycles. The topological polar surface area (TPSA) is 47.6 Å². The van der Waals surface area contributed by atoms with Crippen LogP contribution in [0.15, 0.2) is 78.9 Å². The lowest BCUT2D eigenvalue weighted by molar-refractivity contribution is 0.0396. The minimum atomic E-state index is -0.321. The molecule has 0 bridgehead atoms. The first-order valence-electron chi connectivity index (χ1n) is 9.76. The fourth-order valence-electron chi connectivity index (χ4n) is 3.05. The Morgan fingerprint density at radius 3 is 2.21 bits per heavy atom. The van der Waals surface area contributed by atoms with Crippen LogP contribution in [0.3, 0.4) is 0 Å². The number of hydrogen-bond donors (Lipinski definition) is 1. The van der Waals surface area contributed by atoms with Crippen molar-refractivity contribution in [2.45, 2.75) is 26.2 Å². The molecule has 0 saturated heterocycles. The molecule has 0 spiro atoms. The second-order valence-electron chi connectivity index (χ2n) is 7.02. The number of carbonyl (C=O) groups excluding carboxylic acids is 1. The normalized spacial score (nSPS) is 11.8. The third kappa shape index (κ3) is 6.28. The Kier molecular flexibility index (Phi) is 7.56. The van der Waals surface area contributed by atoms with Gasteiger partial charge in [-0.05, 0) is 35.7 Å². The Hall–Kier alpha value is -2.95. The molecule has 3 rings (SSSR count). The average molecular weight is 389 g/mol. The van der Waals surface area contributed by atoms with Gasteiger partial charge in [0.05, 0.1) is 25.4 Å². The van der Waals surface area contributed by atoms with E-state index in [0.29, 0.717) is 25.3 Å². The van der Waals surface area contributed by atoms with Crippen LogP contribution < -0.4 is 5.32 Å². The van der Waals surface area contributed by atoms with Crippen molar-refractivity contribution in [2.24, 2.45) is 0 Å². The third-order valence-electron chi connectivity index (χ3n) is 4.78. The van der Waals surface area contributed by atoms with Crippen LogP contribution in [0, 0.1) is 6.92 Å². The molecule has 1 atom stereocenters. The summed E-state index contributed by atoms with van der Waals surface area (Å²) in [5.74, 6) is -0.321. The summed E-state index contributed by atoms with van der Waals surface area (Å²) in [5.41, 5.74) is 5.21. The second-order valence-corrected chi connectivity index (χ2v) is 7.02. The second kappa shape index (κ2) is 10.6. The van der Waals surface area contributed by atoms with Gasteiger partial charge in [-0.3, -0.25) is 0 Å². The summed E-state index contributed by atoms with van der Waals surface area (Å²) in [6, 6.07) is 26.1. The van der Waals surface area contributed by atoms with Gasteiger partial charge in [0.2, 0.25) is 0 Å². The lowest BCUT2D eigenvalue weighted by Gasteiger charge is -2.19. The van der Waals surface area contributed by atoms with E-state index < -0.39 is 0 Å². The van der Waals surface area contributed by atoms with Crippen LogP contribution in [-0.2, 0) is 22.6 Å². The molecule has 0 radical (unpaired) electrons. The maximum absolute atomic E-state index is 11.5. The van der Waals surface area contributed by atoms with E-state index in [1.54, 1.807) is 12.1 Å². The van der Waals surface area contributed by atoms with Crippen molar-refractivity contribution in [3.63, 3.8) is 0 Å². The Morgan fingerprint density at radius 1 is 0.897 bits per heavy atom. The van der Waals surface area contributed by atoms with Crippen molar-refractivity contribution < 1.29 is 14.3 Å². The van der Waals surface area contributed by atoms with Crippen molar-refractivity contribution in [3.8, 4) is 0 Å². The van der Waals surface area contributed by atoms with Crippen LogP contribution in [0.25, 0.3) is 0 Å². The van der Waals surface area contributed by atoms with Gasteiger partial charge in [0.1, 0.15) is 0 Å². The quantitative estimate of drug-likeness (QED) is 0.533. The van der Waals surface area contributed by atoms with E-state index >= 15 is 0 Å². The number of esters is 1. The number of rotatable bonds is 9. The molecule has 0 aliphatic rings. The zero-order valence-corrected chi connectivity index (χ0v) is 16.9. The van der Waals surface area contributed by atoms with Crippen LogP contribution in [0.1, 0.15) is 38.7 Å². The van der Waals surface area contributed by atoms with Gasteiger partial charge in [0, 0.05) is 13.1 Å². The highest BCUT2D eigenvalue weighted by Gasteiger charge is 2.12. The van der Waals surface area contributed by atoms with Gasteiger partial charge >= 0.3 is 5.97 Å². The van der Waals surface area contributed by atoms with Gasteiger partial charge in [-0.1, -0.05) is 72.3 Å². The molecule has 0 aliphatic carbocycles. The summed E-state index contributed by atoms with van der Waals surface area (Å²) in [6.07, 6.45) is -0.0492. The SMILES string of the molecule is COC(=O)c1ccc(CNC[C@H](OCc2ccc(C)cc2)c2ccccc2)cc1. The molecule has 0 heterocycles. The third-order valence-corrected chi connectivity index (χ3v) is 4.78. The monoisotopic (exact) mass is 389 g/mol. The zero-order chi connectivity index (χ0) is 20.5. The highest BCUT2D eigenvalue weighted by molar-refractivity contribution is 5.89. The van der Waals surface area contributed by atoms with E-state index in [1.807, 2.05) is 30.3 Å². The summed E-state index contributed by atoms with van der Waals surface area (Å²) < 4.78 is 11.0.